The summed E-state index contributed by atoms with van der Waals surface area (Å²) >= 11 is 0. The first-order valence-electron chi connectivity index (χ1n) is 8.80. The maximum Gasteiger partial charge on any atom is 0.407 e. The van der Waals surface area contributed by atoms with Gasteiger partial charge >= 0.3 is 11.8 Å². The van der Waals surface area contributed by atoms with Crippen molar-refractivity contribution in [1.82, 2.24) is 5.32 Å². The Hall–Kier alpha value is -3.65. The van der Waals surface area contributed by atoms with Crippen molar-refractivity contribution in [1.29, 1.82) is 5.39 Å². The zero-order chi connectivity index (χ0) is 18.6. The Balaban J connectivity index is 1.43. The molecule has 1 amide bonds. The van der Waals surface area contributed by atoms with Gasteiger partial charge in [-0.2, -0.15) is 0 Å². The van der Waals surface area contributed by atoms with Crippen molar-refractivity contribution in [2.75, 3.05) is 6.61 Å². The van der Waals surface area contributed by atoms with Crippen LogP contribution < -0.4 is 5.32 Å². The van der Waals surface area contributed by atoms with Crippen LogP contribution in [0, 0.1) is 5.39 Å². The largest absolute Gasteiger partial charge is 0.449 e. The van der Waals surface area contributed by atoms with Crippen molar-refractivity contribution < 1.29 is 9.53 Å². The van der Waals surface area contributed by atoms with Gasteiger partial charge < -0.3 is 10.1 Å². The summed E-state index contributed by atoms with van der Waals surface area (Å²) in [6.45, 7) is 0.503. The molecule has 4 rings (SSSR count). The van der Waals surface area contributed by atoms with Crippen molar-refractivity contribution in [2.45, 2.75) is 12.5 Å². The highest BCUT2D eigenvalue weighted by atomic mass is 16.5. The minimum atomic E-state index is -0.496. The van der Waals surface area contributed by atoms with Gasteiger partial charge in [0.1, 0.15) is 6.61 Å². The van der Waals surface area contributed by atoms with E-state index in [9.17, 15) is 4.79 Å². The topological polar surface area (TPSA) is 66.5 Å². The lowest BCUT2D eigenvalue weighted by Gasteiger charge is -2.14. The van der Waals surface area contributed by atoms with Gasteiger partial charge in [0, 0.05) is 12.0 Å². The van der Waals surface area contributed by atoms with Crippen molar-refractivity contribution in [3.8, 4) is 11.1 Å². The number of ether oxygens (including phenoxy) is 1. The molecule has 0 spiro atoms. The van der Waals surface area contributed by atoms with Gasteiger partial charge in [0.05, 0.1) is 12.1 Å². The Morgan fingerprint density at radius 2 is 1.52 bits per heavy atom. The number of carbonyl (C=O) groups excluding carboxylic acids is 1. The Kier molecular flexibility index (Phi) is 4.54. The lowest BCUT2D eigenvalue weighted by Crippen LogP contribution is -2.25. The van der Waals surface area contributed by atoms with E-state index in [0.29, 0.717) is 11.3 Å². The zero-order valence-electron chi connectivity index (χ0n) is 14.6. The standard InChI is InChI=1S/C22H17N3O2/c23-25-21-12-6-1-7-15(21)13-24-22(26)27-14-20-18-10-4-2-8-16(18)17-9-3-5-11-19(17)20/h1-12,20H,13-14H2/p+1. The summed E-state index contributed by atoms with van der Waals surface area (Å²) in [5, 5.41) is 11.7. The third-order valence-electron chi connectivity index (χ3n) is 4.87. The molecule has 1 N–H and O–H groups in total. The van der Waals surface area contributed by atoms with Crippen molar-refractivity contribution in [2.24, 2.45) is 0 Å². The fourth-order valence-electron chi connectivity index (χ4n) is 3.57. The number of nitrogens with one attached hydrogen (secondary N) is 1. The van der Waals surface area contributed by atoms with Gasteiger partial charge in [-0.1, -0.05) is 60.7 Å². The van der Waals surface area contributed by atoms with Crippen LogP contribution in [0.2, 0.25) is 0 Å². The molecule has 5 nitrogen and oxygen atoms in total. The maximum absolute atomic E-state index is 12.2. The summed E-state index contributed by atoms with van der Waals surface area (Å²) in [4.78, 5) is 15.4. The first kappa shape index (κ1) is 16.8. The monoisotopic (exact) mass is 356 g/mol. The summed E-state index contributed by atoms with van der Waals surface area (Å²) < 4.78 is 5.49. The molecule has 0 heterocycles. The molecular formula is C22H18N3O2+. The molecule has 0 aliphatic heterocycles. The van der Waals surface area contributed by atoms with E-state index in [4.69, 9.17) is 10.1 Å². The van der Waals surface area contributed by atoms with Crippen LogP contribution in [0.1, 0.15) is 22.6 Å². The number of carbonyl (C=O) groups is 1. The number of diazo groups is 1. The van der Waals surface area contributed by atoms with Crippen LogP contribution in [0.4, 0.5) is 10.5 Å². The predicted octanol–water partition coefficient (Wildman–Crippen LogP) is 5.21. The van der Waals surface area contributed by atoms with Gasteiger partial charge in [-0.3, -0.25) is 0 Å². The second-order valence-corrected chi connectivity index (χ2v) is 6.41. The average Bonchev–Trinajstić information content (AvgIpc) is 3.05. The molecule has 1 aliphatic rings. The molecule has 1 aliphatic carbocycles. The van der Waals surface area contributed by atoms with Crippen molar-refractivity contribution >= 4 is 11.8 Å². The Bertz CT molecular complexity index is 994. The lowest BCUT2D eigenvalue weighted by molar-refractivity contribution is 0.142. The Morgan fingerprint density at radius 1 is 0.926 bits per heavy atom. The van der Waals surface area contributed by atoms with Crippen LogP contribution in [-0.4, -0.2) is 12.7 Å². The molecule has 3 aromatic rings. The number of alkyl carbamates (subject to hydrolysis) is 1. The van der Waals surface area contributed by atoms with Gasteiger partial charge in [-0.25, -0.2) is 4.79 Å². The second-order valence-electron chi connectivity index (χ2n) is 6.41. The van der Waals surface area contributed by atoms with Crippen LogP contribution in [0.5, 0.6) is 0 Å². The summed E-state index contributed by atoms with van der Waals surface area (Å²) in [6, 6.07) is 23.5. The molecule has 0 saturated carbocycles. The lowest BCUT2D eigenvalue weighted by atomic mass is 9.98. The van der Waals surface area contributed by atoms with Crippen LogP contribution >= 0.6 is 0 Å². The fourth-order valence-corrected chi connectivity index (χ4v) is 3.57. The molecule has 27 heavy (non-hydrogen) atoms. The van der Waals surface area contributed by atoms with E-state index in [1.54, 1.807) is 18.2 Å². The molecule has 0 atom stereocenters. The number of rotatable bonds is 4. The highest BCUT2D eigenvalue weighted by molar-refractivity contribution is 5.79. The van der Waals surface area contributed by atoms with E-state index in [2.05, 4.69) is 34.6 Å². The van der Waals surface area contributed by atoms with Crippen LogP contribution in [0.25, 0.3) is 16.1 Å². The molecule has 0 radical (unpaired) electrons. The van der Waals surface area contributed by atoms with Crippen LogP contribution in [-0.2, 0) is 11.3 Å². The number of hydrogen-bond donors (Lipinski definition) is 1. The van der Waals surface area contributed by atoms with Gasteiger partial charge in [-0.15, -0.1) is 0 Å². The Labute approximate surface area is 157 Å². The minimum Gasteiger partial charge on any atom is -0.449 e. The normalized spacial score (nSPS) is 12.0. The third kappa shape index (κ3) is 3.25. The third-order valence-corrected chi connectivity index (χ3v) is 4.87. The molecule has 0 unspecified atom stereocenters. The highest BCUT2D eigenvalue weighted by Crippen LogP contribution is 2.44. The zero-order valence-corrected chi connectivity index (χ0v) is 14.6. The number of amides is 1. The highest BCUT2D eigenvalue weighted by Gasteiger charge is 2.29. The SMILES string of the molecule is N#[N+]c1ccccc1CNC(=O)OCC1c2ccccc2-c2ccccc21. The van der Waals surface area contributed by atoms with Gasteiger partial charge in [0.15, 0.2) is 4.98 Å². The molecule has 0 fully saturated rings. The summed E-state index contributed by atoms with van der Waals surface area (Å²) in [7, 11) is 0. The molecule has 5 heteroatoms. The smallest absolute Gasteiger partial charge is 0.407 e. The van der Waals surface area contributed by atoms with E-state index in [-0.39, 0.29) is 19.1 Å². The van der Waals surface area contributed by atoms with Gasteiger partial charge in [0.25, 0.3) is 0 Å². The van der Waals surface area contributed by atoms with E-state index in [0.717, 1.165) is 0 Å². The van der Waals surface area contributed by atoms with E-state index in [1.807, 2.05) is 30.3 Å². The van der Waals surface area contributed by atoms with E-state index in [1.165, 1.54) is 22.3 Å². The van der Waals surface area contributed by atoms with Crippen molar-refractivity contribution in [3.63, 3.8) is 0 Å². The summed E-state index contributed by atoms with van der Waals surface area (Å²) in [5.41, 5.74) is 5.89. The number of fused-ring (bicyclic) bond motifs is 3. The van der Waals surface area contributed by atoms with Crippen LogP contribution in [0.15, 0.2) is 72.8 Å². The Morgan fingerprint density at radius 3 is 2.19 bits per heavy atom. The fraction of sp³-hybridized carbons (Fsp3) is 0.136. The van der Waals surface area contributed by atoms with Crippen LogP contribution in [0.3, 0.4) is 0 Å². The number of benzene rings is 3. The van der Waals surface area contributed by atoms with Gasteiger partial charge in [0.2, 0.25) is 5.39 Å². The molecule has 0 bridgehead atoms. The molecule has 3 aromatic carbocycles. The van der Waals surface area contributed by atoms with Gasteiger partial charge in [-0.05, 0) is 28.3 Å². The van der Waals surface area contributed by atoms with Crippen molar-refractivity contribution in [3.05, 3.63) is 94.5 Å². The quantitative estimate of drug-likeness (QED) is 0.653. The summed E-state index contributed by atoms with van der Waals surface area (Å²) in [6.07, 6.45) is -0.496. The number of nitrogens with zero attached hydrogens (tertiary/aromatic N) is 2. The molecule has 0 aromatic heterocycles. The average molecular weight is 356 g/mol. The maximum atomic E-state index is 12.2. The minimum absolute atomic E-state index is 0.0304. The first-order valence-corrected chi connectivity index (χ1v) is 8.80. The number of hydrogen-bond acceptors (Lipinski definition) is 3. The van der Waals surface area contributed by atoms with E-state index < -0.39 is 6.09 Å². The molecule has 132 valence electrons. The molecule has 0 saturated heterocycles. The second kappa shape index (κ2) is 7.30. The summed E-state index contributed by atoms with van der Waals surface area (Å²) in [5.74, 6) is 0.0304. The first-order chi connectivity index (χ1) is 13.3. The molecular weight excluding hydrogens is 338 g/mol. The van der Waals surface area contributed by atoms with E-state index >= 15 is 0 Å². The predicted molar refractivity (Wildman–Crippen MR) is 103 cm³/mol.